The van der Waals surface area contributed by atoms with Gasteiger partial charge in [-0.1, -0.05) is 109 Å². The molecule has 6 bridgehead atoms. The number of rotatable bonds is 6. The van der Waals surface area contributed by atoms with Gasteiger partial charge in [0.15, 0.2) is 0 Å². The smallest absolute Gasteiger partial charge is 0.0999 e. The fraction of sp³-hybridized carbons (Fsp3) is 0.636. The van der Waals surface area contributed by atoms with Gasteiger partial charge >= 0.3 is 0 Å². The second-order valence-corrected chi connectivity index (χ2v) is 22.4. The lowest BCUT2D eigenvalue weighted by Crippen LogP contribution is -2.41. The Morgan fingerprint density at radius 2 is 0.604 bits per heavy atom. The van der Waals surface area contributed by atoms with Gasteiger partial charge in [0.2, 0.25) is 0 Å². The van der Waals surface area contributed by atoms with Crippen molar-refractivity contribution < 1.29 is 0 Å². The first kappa shape index (κ1) is 39.0. The first-order chi connectivity index (χ1) is 22.0. The summed E-state index contributed by atoms with van der Waals surface area (Å²) in [4.78, 5) is -6.35. The third-order valence-electron chi connectivity index (χ3n) is 12.3. The molecule has 0 aromatic heterocycles. The van der Waals surface area contributed by atoms with Crippen LogP contribution >= 0.6 is 174 Å². The Kier molecular flexibility index (Phi) is 9.88. The lowest BCUT2D eigenvalue weighted by Gasteiger charge is -2.41. The Morgan fingerprint density at radius 3 is 0.792 bits per heavy atom. The second kappa shape index (κ2) is 12.1. The van der Waals surface area contributed by atoms with Gasteiger partial charge < -0.3 is 0 Å². The van der Waals surface area contributed by atoms with Gasteiger partial charge in [-0.3, -0.25) is 0 Å². The molecule has 7 rings (SSSR count). The van der Waals surface area contributed by atoms with Crippen LogP contribution < -0.4 is 0 Å². The van der Waals surface area contributed by atoms with E-state index in [1.807, 2.05) is 0 Å². The molecule has 6 aliphatic carbocycles. The molecule has 0 saturated heterocycles. The molecule has 264 valence electrons. The zero-order valence-electron chi connectivity index (χ0n) is 25.2. The Bertz CT molecular complexity index is 1510. The molecule has 0 spiro atoms. The van der Waals surface area contributed by atoms with E-state index in [-0.39, 0.29) is 35.5 Å². The van der Waals surface area contributed by atoms with Crippen molar-refractivity contribution in [1.82, 2.24) is 0 Å². The van der Waals surface area contributed by atoms with E-state index in [0.717, 1.165) is 16.7 Å². The highest BCUT2D eigenvalue weighted by Gasteiger charge is 2.72. The number of hydrogen-bond acceptors (Lipinski definition) is 0. The zero-order chi connectivity index (χ0) is 35.6. The molecule has 0 radical (unpaired) electrons. The van der Waals surface area contributed by atoms with E-state index >= 15 is 0 Å². The van der Waals surface area contributed by atoms with Crippen molar-refractivity contribution in [2.45, 2.75) is 103 Å². The van der Waals surface area contributed by atoms with Crippen LogP contribution in [0.25, 0.3) is 0 Å². The highest BCUT2D eigenvalue weighted by Crippen LogP contribution is 2.72. The Hall–Kier alpha value is 2.79. The van der Waals surface area contributed by atoms with E-state index in [4.69, 9.17) is 174 Å². The normalized spacial score (nSPS) is 49.6. The molecule has 3 fully saturated rings. The largest absolute Gasteiger partial charge is 0.120 e. The van der Waals surface area contributed by atoms with Gasteiger partial charge in [-0.25, -0.2) is 0 Å². The Morgan fingerprint density at radius 1 is 0.417 bits per heavy atom. The van der Waals surface area contributed by atoms with Crippen LogP contribution in [0.4, 0.5) is 0 Å². The third-order valence-corrected chi connectivity index (χ3v) is 22.0. The molecule has 6 aliphatic rings. The lowest BCUT2D eigenvalue weighted by atomic mass is 9.72. The molecule has 15 atom stereocenters. The number of alkyl halides is 9. The van der Waals surface area contributed by atoms with E-state index in [9.17, 15) is 0 Å². The van der Waals surface area contributed by atoms with Gasteiger partial charge in [-0.2, -0.15) is 0 Å². The van der Waals surface area contributed by atoms with Gasteiger partial charge in [0.1, 0.15) is 0 Å². The SMILES string of the molecule is CC(c1cc(C(C)C2C(Cl)C3(Cl)CC2(Cl)C(Cl)=C3Cl)cc(C(C)C2C(Cl)C3(Cl)CC2(Cl)C(Cl)=C3Cl)c1)C1C(Cl)C2(Cl)CC1(Cl)C(Cl)=C2Cl. The summed E-state index contributed by atoms with van der Waals surface area (Å²) in [7, 11) is 0. The number of allylic oxidation sites excluding steroid dienone is 6. The van der Waals surface area contributed by atoms with Crippen molar-refractivity contribution in [2.75, 3.05) is 0 Å². The maximum absolute atomic E-state index is 7.29. The summed E-state index contributed by atoms with van der Waals surface area (Å²) in [6, 6.07) is 6.37. The van der Waals surface area contributed by atoms with Crippen molar-refractivity contribution in [3.63, 3.8) is 0 Å². The molecule has 0 heterocycles. The van der Waals surface area contributed by atoms with Crippen molar-refractivity contribution >= 4 is 174 Å². The summed E-state index contributed by atoms with van der Waals surface area (Å²) in [6.07, 6.45) is 0.933. The molecule has 0 N–H and O–H groups in total. The van der Waals surface area contributed by atoms with Crippen LogP contribution in [0.1, 0.15) is 74.5 Å². The van der Waals surface area contributed by atoms with Crippen LogP contribution in [0.15, 0.2) is 48.4 Å². The van der Waals surface area contributed by atoms with E-state index in [2.05, 4.69) is 39.0 Å². The summed E-state index contributed by atoms with van der Waals surface area (Å²) in [6.45, 7) is 6.20. The van der Waals surface area contributed by atoms with Crippen molar-refractivity contribution in [3.05, 3.63) is 65.1 Å². The molecular formula is C33H27Cl15. The van der Waals surface area contributed by atoms with Crippen LogP contribution in [-0.2, 0) is 0 Å². The van der Waals surface area contributed by atoms with Crippen molar-refractivity contribution in [1.29, 1.82) is 0 Å². The summed E-state index contributed by atoms with van der Waals surface area (Å²) >= 11 is 104. The first-order valence-corrected chi connectivity index (χ1v) is 21.2. The van der Waals surface area contributed by atoms with Gasteiger partial charge in [-0.15, -0.1) is 104 Å². The minimum Gasteiger partial charge on any atom is -0.120 e. The highest BCUT2D eigenvalue weighted by atomic mass is 35.5. The average Bonchev–Trinajstić information content (AvgIpc) is 3.65. The van der Waals surface area contributed by atoms with Crippen LogP contribution in [0, 0.1) is 17.8 Å². The van der Waals surface area contributed by atoms with Gasteiger partial charge in [0.05, 0.1) is 75.6 Å². The van der Waals surface area contributed by atoms with Gasteiger partial charge in [0, 0.05) is 17.8 Å². The minimum atomic E-state index is -1.07. The van der Waals surface area contributed by atoms with Crippen LogP contribution in [0.3, 0.4) is 0 Å². The van der Waals surface area contributed by atoms with Gasteiger partial charge in [-0.05, 0) is 53.7 Å². The summed E-state index contributed by atoms with van der Waals surface area (Å²) in [5, 5.41) is 0.0941. The fourth-order valence-electron chi connectivity index (χ4n) is 9.74. The minimum absolute atomic E-state index is 0.231. The highest BCUT2D eigenvalue weighted by molar-refractivity contribution is 6.55. The molecule has 1 aromatic carbocycles. The molecule has 0 nitrogen and oxygen atoms in total. The summed E-state index contributed by atoms with van der Waals surface area (Å²) in [5.74, 6) is -1.79. The van der Waals surface area contributed by atoms with Crippen LogP contribution in [0.2, 0.25) is 0 Å². The molecule has 48 heavy (non-hydrogen) atoms. The van der Waals surface area contributed by atoms with E-state index < -0.39 is 45.4 Å². The molecule has 15 unspecified atom stereocenters. The van der Waals surface area contributed by atoms with E-state index in [0.29, 0.717) is 49.5 Å². The maximum atomic E-state index is 7.29. The lowest BCUT2D eigenvalue weighted by molar-refractivity contribution is 0.390. The number of benzene rings is 1. The predicted molar refractivity (Wildman–Crippen MR) is 213 cm³/mol. The standard InChI is InChI=1S/C33H27Cl15/c1-10(16-19(34)31(46)7-28(16,43)22(37)25(31)40)13-4-14(11(2)17-20(35)32(47)8-29(17,44)23(38)26(32)41)6-15(5-13)12(3)18-21(36)33(48)9-30(18,45)24(39)27(33)42/h4-6,10-12,16-21H,7-9H2,1-3H3. The first-order valence-electron chi connectivity index (χ1n) is 15.4. The summed E-state index contributed by atoms with van der Waals surface area (Å²) < 4.78 is 0. The second-order valence-electron chi connectivity index (χ2n) is 14.7. The topological polar surface area (TPSA) is 0 Å². The zero-order valence-corrected chi connectivity index (χ0v) is 36.6. The molecule has 0 aliphatic heterocycles. The maximum Gasteiger partial charge on any atom is 0.0999 e. The molecule has 3 saturated carbocycles. The Labute approximate surface area is 356 Å². The molecular weight excluding hydrogens is 928 g/mol. The van der Waals surface area contributed by atoms with Crippen LogP contribution in [-0.4, -0.2) is 45.4 Å². The molecule has 1 aromatic rings. The number of halogens is 15. The van der Waals surface area contributed by atoms with E-state index in [1.165, 1.54) is 0 Å². The number of hydrogen-bond donors (Lipinski definition) is 0. The monoisotopic (exact) mass is 948 g/mol. The fourth-order valence-corrected chi connectivity index (χ4v) is 17.8. The van der Waals surface area contributed by atoms with Crippen molar-refractivity contribution in [2.24, 2.45) is 17.8 Å². The Balaban J connectivity index is 1.35. The van der Waals surface area contributed by atoms with Crippen molar-refractivity contribution in [3.8, 4) is 0 Å². The van der Waals surface area contributed by atoms with Crippen LogP contribution in [0.5, 0.6) is 0 Å². The quantitative estimate of drug-likeness (QED) is 0.249. The molecule has 0 amide bonds. The number of fused-ring (bicyclic) bond motifs is 6. The van der Waals surface area contributed by atoms with E-state index in [1.54, 1.807) is 0 Å². The van der Waals surface area contributed by atoms with Gasteiger partial charge in [0.25, 0.3) is 0 Å². The average molecular weight is 955 g/mol. The summed E-state index contributed by atoms with van der Waals surface area (Å²) in [5.41, 5.74) is 2.84. The third kappa shape index (κ3) is 4.77. The predicted octanol–water partition coefficient (Wildman–Crippen LogP) is 14.9. The molecule has 15 heteroatoms.